The molecule has 2 heterocycles. The number of carbonyl (C=O) groups is 1. The van der Waals surface area contributed by atoms with E-state index in [1.807, 2.05) is 18.2 Å². The largest absolute Gasteiger partial charge is 0.619 e. The predicted octanol–water partition coefficient (Wildman–Crippen LogP) is 2.65. The van der Waals surface area contributed by atoms with Gasteiger partial charge >= 0.3 is 0 Å². The molecule has 1 aliphatic heterocycles. The van der Waals surface area contributed by atoms with Crippen LogP contribution in [0.15, 0.2) is 42.7 Å². The molecule has 0 bridgehead atoms. The highest BCUT2D eigenvalue weighted by Gasteiger charge is 2.44. The summed E-state index contributed by atoms with van der Waals surface area (Å²) in [4.78, 5) is 12.9. The standard InChI is InChI=1S/C22H26N2O4/c1-27-19-7-6-17(14-20(19)28-18-4-2-3-5-18)22(10-11-23-21(22)25)15-16-8-12-24(26)13-9-16/h6-9,12-14,18H,2-5,10-11,15H2,1H3,(H,23,25). The Bertz CT molecular complexity index is 846. The molecule has 2 aliphatic rings. The molecule has 1 N–H and O–H groups in total. The number of carbonyl (C=O) groups excluding carboxylic acids is 1. The van der Waals surface area contributed by atoms with Crippen molar-refractivity contribution in [2.24, 2.45) is 0 Å². The van der Waals surface area contributed by atoms with Crippen LogP contribution in [0.5, 0.6) is 11.5 Å². The molecule has 1 aromatic carbocycles. The van der Waals surface area contributed by atoms with Gasteiger partial charge in [-0.15, -0.1) is 0 Å². The third-order valence-electron chi connectivity index (χ3n) is 5.96. The Hall–Kier alpha value is -2.76. The second-order valence-electron chi connectivity index (χ2n) is 7.72. The number of benzene rings is 1. The van der Waals surface area contributed by atoms with Crippen LogP contribution in [-0.4, -0.2) is 25.7 Å². The Morgan fingerprint density at radius 2 is 1.93 bits per heavy atom. The molecule has 4 rings (SSSR count). The summed E-state index contributed by atoms with van der Waals surface area (Å²) < 4.78 is 12.5. The van der Waals surface area contributed by atoms with Gasteiger partial charge in [-0.2, -0.15) is 4.73 Å². The lowest BCUT2D eigenvalue weighted by Crippen LogP contribution is -2.38. The van der Waals surface area contributed by atoms with Crippen molar-refractivity contribution in [2.75, 3.05) is 13.7 Å². The van der Waals surface area contributed by atoms with Crippen molar-refractivity contribution < 1.29 is 19.0 Å². The quantitative estimate of drug-likeness (QED) is 0.616. The van der Waals surface area contributed by atoms with Gasteiger partial charge < -0.3 is 20.0 Å². The van der Waals surface area contributed by atoms with E-state index in [9.17, 15) is 10.0 Å². The summed E-state index contributed by atoms with van der Waals surface area (Å²) in [6, 6.07) is 9.38. The van der Waals surface area contributed by atoms with Gasteiger partial charge in [-0.25, -0.2) is 0 Å². The van der Waals surface area contributed by atoms with E-state index in [1.54, 1.807) is 19.2 Å². The number of hydrogen-bond donors (Lipinski definition) is 1. The maximum atomic E-state index is 12.9. The first-order chi connectivity index (χ1) is 13.6. The Labute approximate surface area is 165 Å². The number of aromatic nitrogens is 1. The number of nitrogens with zero attached hydrogens (tertiary/aromatic N) is 1. The highest BCUT2D eigenvalue weighted by Crippen LogP contribution is 2.40. The highest BCUT2D eigenvalue weighted by molar-refractivity contribution is 5.90. The fraction of sp³-hybridized carbons (Fsp3) is 0.455. The molecule has 1 unspecified atom stereocenters. The smallest absolute Gasteiger partial charge is 0.231 e. The molecule has 28 heavy (non-hydrogen) atoms. The van der Waals surface area contributed by atoms with Crippen molar-refractivity contribution in [3.63, 3.8) is 0 Å². The fourth-order valence-electron chi connectivity index (χ4n) is 4.38. The van der Waals surface area contributed by atoms with E-state index in [0.717, 1.165) is 28.7 Å². The Kier molecular flexibility index (Phi) is 5.11. The van der Waals surface area contributed by atoms with E-state index in [4.69, 9.17) is 9.47 Å². The zero-order valence-corrected chi connectivity index (χ0v) is 16.1. The first-order valence-corrected chi connectivity index (χ1v) is 9.92. The molecule has 1 saturated heterocycles. The molecule has 0 spiro atoms. The van der Waals surface area contributed by atoms with E-state index in [0.29, 0.717) is 30.9 Å². The SMILES string of the molecule is COc1ccc(C2(Cc3cc[n+]([O-])cc3)CCNC2=O)cc1OC1CCCC1. The van der Waals surface area contributed by atoms with Gasteiger partial charge in [-0.1, -0.05) is 6.07 Å². The van der Waals surface area contributed by atoms with Gasteiger partial charge in [0.25, 0.3) is 0 Å². The van der Waals surface area contributed by atoms with Crippen molar-refractivity contribution in [1.29, 1.82) is 0 Å². The molecular weight excluding hydrogens is 356 g/mol. The minimum Gasteiger partial charge on any atom is -0.619 e. The third-order valence-corrected chi connectivity index (χ3v) is 5.96. The third kappa shape index (κ3) is 3.51. The van der Waals surface area contributed by atoms with Crippen LogP contribution in [0.1, 0.15) is 43.2 Å². The summed E-state index contributed by atoms with van der Waals surface area (Å²) in [5.74, 6) is 1.41. The van der Waals surface area contributed by atoms with Crippen LogP contribution in [0.2, 0.25) is 0 Å². The topological polar surface area (TPSA) is 74.5 Å². The fourth-order valence-corrected chi connectivity index (χ4v) is 4.38. The zero-order valence-electron chi connectivity index (χ0n) is 16.1. The van der Waals surface area contributed by atoms with Crippen molar-refractivity contribution in [3.05, 3.63) is 59.1 Å². The van der Waals surface area contributed by atoms with Crippen LogP contribution in [0.25, 0.3) is 0 Å². The summed E-state index contributed by atoms with van der Waals surface area (Å²) >= 11 is 0. The normalized spacial score (nSPS) is 22.2. The molecule has 1 saturated carbocycles. The maximum absolute atomic E-state index is 12.9. The number of hydrogen-bond acceptors (Lipinski definition) is 4. The molecule has 2 fully saturated rings. The first-order valence-electron chi connectivity index (χ1n) is 9.92. The van der Waals surface area contributed by atoms with Crippen LogP contribution in [0, 0.1) is 5.21 Å². The molecule has 0 radical (unpaired) electrons. The van der Waals surface area contributed by atoms with Crippen LogP contribution in [0.4, 0.5) is 0 Å². The van der Waals surface area contributed by atoms with Crippen molar-refractivity contribution in [1.82, 2.24) is 5.32 Å². The van der Waals surface area contributed by atoms with Gasteiger partial charge in [-0.3, -0.25) is 4.79 Å². The van der Waals surface area contributed by atoms with Crippen molar-refractivity contribution >= 4 is 5.91 Å². The molecule has 6 heteroatoms. The summed E-state index contributed by atoms with van der Waals surface area (Å²) in [5.41, 5.74) is 1.21. The average molecular weight is 382 g/mol. The molecule has 1 amide bonds. The van der Waals surface area contributed by atoms with Crippen molar-refractivity contribution in [2.45, 2.75) is 50.0 Å². The Morgan fingerprint density at radius 1 is 1.18 bits per heavy atom. The molecule has 2 aromatic rings. The Morgan fingerprint density at radius 3 is 2.57 bits per heavy atom. The molecule has 1 atom stereocenters. The minimum atomic E-state index is -0.672. The average Bonchev–Trinajstić information content (AvgIpc) is 3.34. The van der Waals surface area contributed by atoms with Gasteiger partial charge in [0.15, 0.2) is 23.9 Å². The van der Waals surface area contributed by atoms with Crippen LogP contribution < -0.4 is 19.5 Å². The summed E-state index contributed by atoms with van der Waals surface area (Å²) in [6.45, 7) is 0.637. The monoisotopic (exact) mass is 382 g/mol. The second-order valence-corrected chi connectivity index (χ2v) is 7.72. The summed E-state index contributed by atoms with van der Waals surface area (Å²) in [7, 11) is 1.64. The van der Waals surface area contributed by atoms with E-state index < -0.39 is 5.41 Å². The number of pyridine rings is 1. The van der Waals surface area contributed by atoms with E-state index in [2.05, 4.69) is 5.32 Å². The zero-order chi connectivity index (χ0) is 19.6. The van der Waals surface area contributed by atoms with Crippen LogP contribution >= 0.6 is 0 Å². The molecule has 6 nitrogen and oxygen atoms in total. The number of nitrogens with one attached hydrogen (secondary N) is 1. The second kappa shape index (κ2) is 7.70. The van der Waals surface area contributed by atoms with Gasteiger partial charge in [0.2, 0.25) is 5.91 Å². The van der Waals surface area contributed by atoms with E-state index >= 15 is 0 Å². The van der Waals surface area contributed by atoms with Gasteiger partial charge in [0, 0.05) is 18.7 Å². The summed E-state index contributed by atoms with van der Waals surface area (Å²) in [6.07, 6.45) is 8.87. The lowest BCUT2D eigenvalue weighted by Gasteiger charge is -2.28. The molecular formula is C22H26N2O4. The van der Waals surface area contributed by atoms with E-state index in [1.165, 1.54) is 25.2 Å². The maximum Gasteiger partial charge on any atom is 0.231 e. The summed E-state index contributed by atoms with van der Waals surface area (Å²) in [5, 5.41) is 14.3. The van der Waals surface area contributed by atoms with Crippen molar-refractivity contribution in [3.8, 4) is 11.5 Å². The predicted molar refractivity (Wildman–Crippen MR) is 104 cm³/mol. The van der Waals surface area contributed by atoms with Crippen LogP contribution in [0.3, 0.4) is 0 Å². The lowest BCUT2D eigenvalue weighted by molar-refractivity contribution is -0.605. The van der Waals surface area contributed by atoms with E-state index in [-0.39, 0.29) is 12.0 Å². The molecule has 148 valence electrons. The minimum absolute atomic E-state index is 0.0170. The molecule has 1 aromatic heterocycles. The lowest BCUT2D eigenvalue weighted by atomic mass is 9.74. The number of amides is 1. The van der Waals surface area contributed by atoms with Gasteiger partial charge in [0.1, 0.15) is 0 Å². The Balaban J connectivity index is 1.69. The molecule has 1 aliphatic carbocycles. The van der Waals surface area contributed by atoms with Gasteiger partial charge in [0.05, 0.1) is 18.6 Å². The number of rotatable bonds is 6. The number of methoxy groups -OCH3 is 1. The van der Waals surface area contributed by atoms with Crippen LogP contribution in [-0.2, 0) is 16.6 Å². The van der Waals surface area contributed by atoms with Gasteiger partial charge in [-0.05, 0) is 61.8 Å². The highest BCUT2D eigenvalue weighted by atomic mass is 16.5. The first kappa shape index (κ1) is 18.6. The number of ether oxygens (including phenoxy) is 2.